The lowest BCUT2D eigenvalue weighted by atomic mass is 10.0. The molecule has 8 nitrogen and oxygen atoms in total. The Morgan fingerprint density at radius 3 is 2.77 bits per heavy atom. The van der Waals surface area contributed by atoms with Crippen LogP contribution in [0.25, 0.3) is 0 Å². The number of hydrogen-bond acceptors (Lipinski definition) is 5. The first-order valence-corrected chi connectivity index (χ1v) is 11.2. The van der Waals surface area contributed by atoms with E-state index in [0.717, 1.165) is 34.9 Å². The third-order valence-electron chi connectivity index (χ3n) is 6.04. The molecule has 1 aromatic carbocycles. The molecule has 164 valence electrons. The number of pyridine rings is 1. The van der Waals surface area contributed by atoms with E-state index >= 15 is 0 Å². The number of amides is 2. The Hall–Kier alpha value is -2.81. The van der Waals surface area contributed by atoms with Crippen LogP contribution in [0, 0.1) is 6.92 Å². The van der Waals surface area contributed by atoms with Gasteiger partial charge in [0.25, 0.3) is 11.8 Å². The summed E-state index contributed by atoms with van der Waals surface area (Å²) in [5.74, 6) is -1.66. The highest BCUT2D eigenvalue weighted by molar-refractivity contribution is 9.10. The number of rotatable bonds is 4. The Morgan fingerprint density at radius 1 is 1.29 bits per heavy atom. The van der Waals surface area contributed by atoms with Gasteiger partial charge in [-0.2, -0.15) is 0 Å². The third-order valence-corrected chi connectivity index (χ3v) is 6.53. The average Bonchev–Trinajstić information content (AvgIpc) is 2.75. The van der Waals surface area contributed by atoms with E-state index < -0.39 is 23.0 Å². The minimum absolute atomic E-state index is 0.0784. The highest BCUT2D eigenvalue weighted by atomic mass is 79.9. The molecule has 0 radical (unpaired) electrons. The molecule has 2 aliphatic rings. The number of nitrogens with one attached hydrogen (secondary N) is 1. The number of aryl methyl sites for hydroxylation is 1. The molecule has 1 saturated heterocycles. The van der Waals surface area contributed by atoms with Gasteiger partial charge in [0.1, 0.15) is 11.7 Å². The highest BCUT2D eigenvalue weighted by Gasteiger charge is 2.40. The van der Waals surface area contributed by atoms with Crippen molar-refractivity contribution in [1.29, 1.82) is 0 Å². The van der Waals surface area contributed by atoms with Crippen LogP contribution in [-0.4, -0.2) is 45.8 Å². The van der Waals surface area contributed by atoms with E-state index in [1.807, 2.05) is 37.1 Å². The molecule has 1 fully saturated rings. The molecule has 1 aromatic heterocycles. The van der Waals surface area contributed by atoms with Gasteiger partial charge in [-0.15, -0.1) is 0 Å². The smallest absolute Gasteiger partial charge is 0.278 e. The lowest BCUT2D eigenvalue weighted by molar-refractivity contribution is 0.0534. The summed E-state index contributed by atoms with van der Waals surface area (Å²) in [6, 6.07) is 5.73. The van der Waals surface area contributed by atoms with Crippen LogP contribution in [0.1, 0.15) is 58.2 Å². The van der Waals surface area contributed by atoms with Gasteiger partial charge in [0.05, 0.1) is 0 Å². The topological polar surface area (TPSA) is 94.9 Å². The number of piperidine rings is 1. The SMILES string of the molecule is CCN1C(=O)c2c(O)c(=O)c(C(=O)NCc3ccc(Br)cc3C)cn2N2CCCC[C@@H]12. The maximum Gasteiger partial charge on any atom is 0.278 e. The molecule has 0 aliphatic carbocycles. The number of carbonyl (C=O) groups excluding carboxylic acids is 2. The lowest BCUT2D eigenvalue weighted by Gasteiger charge is -2.48. The van der Waals surface area contributed by atoms with Crippen LogP contribution in [0.5, 0.6) is 5.75 Å². The number of hydrogen-bond donors (Lipinski definition) is 2. The molecule has 4 rings (SSSR count). The predicted molar refractivity (Wildman–Crippen MR) is 120 cm³/mol. The number of aromatic hydroxyl groups is 1. The summed E-state index contributed by atoms with van der Waals surface area (Å²) in [6.07, 6.45) is 3.97. The van der Waals surface area contributed by atoms with Crippen molar-refractivity contribution in [3.05, 3.63) is 61.5 Å². The maximum absolute atomic E-state index is 13.0. The fourth-order valence-corrected chi connectivity index (χ4v) is 4.85. The molecule has 1 atom stereocenters. The molecule has 0 saturated carbocycles. The minimum Gasteiger partial charge on any atom is -0.502 e. The van der Waals surface area contributed by atoms with Gasteiger partial charge in [-0.25, -0.2) is 0 Å². The third kappa shape index (κ3) is 3.71. The molecule has 0 bridgehead atoms. The van der Waals surface area contributed by atoms with Gasteiger partial charge in [0.15, 0.2) is 11.4 Å². The van der Waals surface area contributed by atoms with Crippen molar-refractivity contribution in [1.82, 2.24) is 14.9 Å². The fraction of sp³-hybridized carbons (Fsp3) is 0.409. The first-order chi connectivity index (χ1) is 14.8. The van der Waals surface area contributed by atoms with Crippen LogP contribution in [0.3, 0.4) is 0 Å². The molecular formula is C22H25BrN4O4. The second-order valence-corrected chi connectivity index (χ2v) is 8.81. The fourth-order valence-electron chi connectivity index (χ4n) is 4.37. The van der Waals surface area contributed by atoms with E-state index in [1.165, 1.54) is 10.9 Å². The van der Waals surface area contributed by atoms with E-state index in [1.54, 1.807) is 4.90 Å². The molecule has 9 heteroatoms. The second kappa shape index (κ2) is 8.37. The number of fused-ring (bicyclic) bond motifs is 3. The monoisotopic (exact) mass is 488 g/mol. The molecule has 2 aromatic rings. The largest absolute Gasteiger partial charge is 0.502 e. The van der Waals surface area contributed by atoms with Crippen LogP contribution in [0.2, 0.25) is 0 Å². The van der Waals surface area contributed by atoms with Gasteiger partial charge < -0.3 is 15.3 Å². The zero-order valence-corrected chi connectivity index (χ0v) is 19.1. The number of halogens is 1. The summed E-state index contributed by atoms with van der Waals surface area (Å²) in [6.45, 7) is 5.20. The number of benzene rings is 1. The van der Waals surface area contributed by atoms with Gasteiger partial charge in [-0.3, -0.25) is 24.1 Å². The molecular weight excluding hydrogens is 464 g/mol. The Bertz CT molecular complexity index is 1110. The Kier molecular flexibility index (Phi) is 5.79. The summed E-state index contributed by atoms with van der Waals surface area (Å²) >= 11 is 3.41. The van der Waals surface area contributed by atoms with E-state index in [4.69, 9.17) is 0 Å². The van der Waals surface area contributed by atoms with Crippen LogP contribution in [0.4, 0.5) is 0 Å². The number of aromatic nitrogens is 1. The van der Waals surface area contributed by atoms with Gasteiger partial charge in [0, 0.05) is 30.3 Å². The standard InChI is InChI=1S/C22H25BrN4O4/c1-3-25-17-6-4-5-9-26(17)27-12-16(19(28)20(29)18(27)22(25)31)21(30)24-11-14-7-8-15(23)10-13(14)2/h7-8,10,12,17,29H,3-6,9,11H2,1-2H3,(H,24,30)/t17-/m0/s1. The first-order valence-electron chi connectivity index (χ1n) is 10.4. The summed E-state index contributed by atoms with van der Waals surface area (Å²) < 4.78 is 2.45. The van der Waals surface area contributed by atoms with Crippen molar-refractivity contribution >= 4 is 27.7 Å². The van der Waals surface area contributed by atoms with Crippen molar-refractivity contribution in [2.75, 3.05) is 18.1 Å². The van der Waals surface area contributed by atoms with Crippen LogP contribution >= 0.6 is 15.9 Å². The molecule has 0 unspecified atom stereocenters. The van der Waals surface area contributed by atoms with E-state index in [0.29, 0.717) is 13.1 Å². The molecule has 0 spiro atoms. The van der Waals surface area contributed by atoms with Crippen LogP contribution in [0.15, 0.2) is 33.7 Å². The maximum atomic E-state index is 13.0. The summed E-state index contributed by atoms with van der Waals surface area (Å²) in [4.78, 5) is 40.3. The minimum atomic E-state index is -0.837. The number of nitrogens with zero attached hydrogens (tertiary/aromatic N) is 3. The first kappa shape index (κ1) is 21.4. The van der Waals surface area contributed by atoms with Crippen molar-refractivity contribution in [3.63, 3.8) is 0 Å². The molecule has 3 heterocycles. The van der Waals surface area contributed by atoms with Crippen molar-refractivity contribution in [2.45, 2.75) is 45.8 Å². The predicted octanol–water partition coefficient (Wildman–Crippen LogP) is 2.48. The summed E-state index contributed by atoms with van der Waals surface area (Å²) in [5.41, 5.74) is 0.823. The summed E-state index contributed by atoms with van der Waals surface area (Å²) in [7, 11) is 0. The van der Waals surface area contributed by atoms with E-state index in [-0.39, 0.29) is 24.0 Å². The van der Waals surface area contributed by atoms with Crippen molar-refractivity contribution in [3.8, 4) is 5.75 Å². The van der Waals surface area contributed by atoms with Crippen LogP contribution in [-0.2, 0) is 6.54 Å². The second-order valence-electron chi connectivity index (χ2n) is 7.90. The Labute approximate surface area is 188 Å². The Balaban J connectivity index is 1.69. The number of carbonyl (C=O) groups is 2. The van der Waals surface area contributed by atoms with Gasteiger partial charge >= 0.3 is 0 Å². The molecule has 2 amide bonds. The quantitative estimate of drug-likeness (QED) is 0.689. The van der Waals surface area contributed by atoms with E-state index in [2.05, 4.69) is 21.2 Å². The highest BCUT2D eigenvalue weighted by Crippen LogP contribution is 2.29. The zero-order chi connectivity index (χ0) is 22.3. The Morgan fingerprint density at radius 2 is 2.06 bits per heavy atom. The summed E-state index contributed by atoms with van der Waals surface area (Å²) in [5, 5.41) is 15.3. The molecule has 2 N–H and O–H groups in total. The van der Waals surface area contributed by atoms with Gasteiger partial charge in [-0.05, 0) is 56.4 Å². The van der Waals surface area contributed by atoms with E-state index in [9.17, 15) is 19.5 Å². The van der Waals surface area contributed by atoms with Crippen molar-refractivity contribution < 1.29 is 14.7 Å². The zero-order valence-electron chi connectivity index (χ0n) is 17.5. The lowest BCUT2D eigenvalue weighted by Crippen LogP contribution is -2.63. The normalized spacial score (nSPS) is 17.9. The molecule has 31 heavy (non-hydrogen) atoms. The van der Waals surface area contributed by atoms with Gasteiger partial charge in [-0.1, -0.05) is 22.0 Å². The van der Waals surface area contributed by atoms with Crippen LogP contribution < -0.4 is 15.8 Å². The molecule has 2 aliphatic heterocycles. The average molecular weight is 489 g/mol. The van der Waals surface area contributed by atoms with Crippen molar-refractivity contribution in [2.24, 2.45) is 0 Å². The van der Waals surface area contributed by atoms with Gasteiger partial charge in [0.2, 0.25) is 5.43 Å².